The molecule has 0 N–H and O–H groups in total. The molecule has 0 heterocycles. The van der Waals surface area contributed by atoms with Gasteiger partial charge < -0.3 is 0 Å². The SMILES string of the molecule is CC1(F)C=CC=C(F)C1CN=[N+]=[N-]. The first-order chi connectivity index (χ1) is 6.08. The fourth-order valence-corrected chi connectivity index (χ4v) is 1.21. The normalized spacial score (nSPS) is 32.2. The van der Waals surface area contributed by atoms with Crippen molar-refractivity contribution in [2.75, 3.05) is 6.54 Å². The van der Waals surface area contributed by atoms with Crippen molar-refractivity contribution < 1.29 is 8.78 Å². The Labute approximate surface area is 74.4 Å². The van der Waals surface area contributed by atoms with E-state index in [0.29, 0.717) is 0 Å². The lowest BCUT2D eigenvalue weighted by atomic mass is 9.86. The van der Waals surface area contributed by atoms with Crippen LogP contribution in [0.25, 0.3) is 10.4 Å². The fourth-order valence-electron chi connectivity index (χ4n) is 1.21. The fraction of sp³-hybridized carbons (Fsp3) is 0.500. The summed E-state index contributed by atoms with van der Waals surface area (Å²) < 4.78 is 26.6. The average molecular weight is 185 g/mol. The van der Waals surface area contributed by atoms with E-state index in [-0.39, 0.29) is 6.54 Å². The standard InChI is InChI=1S/C8H9F2N3/c1-8(10)4-2-3-7(9)6(8)5-12-13-11/h2-4,6H,5H2,1H3. The van der Waals surface area contributed by atoms with Crippen LogP contribution in [0.2, 0.25) is 0 Å². The largest absolute Gasteiger partial charge is 0.239 e. The monoisotopic (exact) mass is 185 g/mol. The Morgan fingerprint density at radius 3 is 3.00 bits per heavy atom. The predicted octanol–water partition coefficient (Wildman–Crippen LogP) is 3.06. The molecule has 1 aliphatic carbocycles. The number of allylic oxidation sites excluding steroid dienone is 3. The molecule has 1 aliphatic rings. The molecule has 0 aliphatic heterocycles. The second-order valence-electron chi connectivity index (χ2n) is 3.03. The van der Waals surface area contributed by atoms with Crippen LogP contribution in [-0.4, -0.2) is 12.2 Å². The van der Waals surface area contributed by atoms with Crippen molar-refractivity contribution in [2.24, 2.45) is 11.0 Å². The van der Waals surface area contributed by atoms with E-state index in [9.17, 15) is 8.78 Å². The van der Waals surface area contributed by atoms with Crippen LogP contribution in [0.3, 0.4) is 0 Å². The third-order valence-electron chi connectivity index (χ3n) is 2.02. The van der Waals surface area contributed by atoms with Gasteiger partial charge in [0.05, 0.1) is 5.92 Å². The number of alkyl halides is 1. The lowest BCUT2D eigenvalue weighted by Gasteiger charge is -2.27. The van der Waals surface area contributed by atoms with Gasteiger partial charge in [0.1, 0.15) is 11.5 Å². The van der Waals surface area contributed by atoms with E-state index in [1.807, 2.05) is 0 Å². The van der Waals surface area contributed by atoms with Crippen molar-refractivity contribution in [1.82, 2.24) is 0 Å². The van der Waals surface area contributed by atoms with Crippen LogP contribution in [0.15, 0.2) is 29.2 Å². The second kappa shape index (κ2) is 3.58. The summed E-state index contributed by atoms with van der Waals surface area (Å²) in [4.78, 5) is 2.47. The lowest BCUT2D eigenvalue weighted by molar-refractivity contribution is 0.166. The average Bonchev–Trinajstić information content (AvgIpc) is 2.02. The Balaban J connectivity index is 2.85. The van der Waals surface area contributed by atoms with Gasteiger partial charge >= 0.3 is 0 Å². The minimum Gasteiger partial charge on any atom is -0.239 e. The summed E-state index contributed by atoms with van der Waals surface area (Å²) in [7, 11) is 0. The highest BCUT2D eigenvalue weighted by atomic mass is 19.1. The molecule has 13 heavy (non-hydrogen) atoms. The first kappa shape index (κ1) is 9.74. The maximum atomic E-state index is 13.6. The van der Waals surface area contributed by atoms with Gasteiger partial charge in [-0.2, -0.15) is 0 Å². The van der Waals surface area contributed by atoms with Gasteiger partial charge in [-0.05, 0) is 24.6 Å². The van der Waals surface area contributed by atoms with E-state index < -0.39 is 17.4 Å². The molecular weight excluding hydrogens is 176 g/mol. The van der Waals surface area contributed by atoms with Crippen LogP contribution in [0.4, 0.5) is 8.78 Å². The smallest absolute Gasteiger partial charge is 0.135 e. The van der Waals surface area contributed by atoms with E-state index in [1.54, 1.807) is 0 Å². The number of hydrogen-bond acceptors (Lipinski definition) is 1. The molecule has 0 aromatic rings. The number of hydrogen-bond donors (Lipinski definition) is 0. The Morgan fingerprint density at radius 2 is 2.46 bits per heavy atom. The maximum Gasteiger partial charge on any atom is 0.135 e. The Hall–Kier alpha value is -1.35. The molecule has 0 fully saturated rings. The summed E-state index contributed by atoms with van der Waals surface area (Å²) in [5.41, 5.74) is 6.26. The third kappa shape index (κ3) is 2.06. The molecule has 2 atom stereocenters. The molecule has 0 radical (unpaired) electrons. The van der Waals surface area contributed by atoms with Gasteiger partial charge in [0.2, 0.25) is 0 Å². The Kier molecular flexibility index (Phi) is 2.68. The topological polar surface area (TPSA) is 48.8 Å². The molecule has 0 amide bonds. The molecule has 0 saturated heterocycles. The zero-order chi connectivity index (χ0) is 9.90. The van der Waals surface area contributed by atoms with Gasteiger partial charge in [-0.15, -0.1) is 0 Å². The Morgan fingerprint density at radius 1 is 1.77 bits per heavy atom. The minimum absolute atomic E-state index is 0.198. The minimum atomic E-state index is -1.77. The summed E-state index contributed by atoms with van der Waals surface area (Å²) in [6, 6.07) is 0. The van der Waals surface area contributed by atoms with Crippen molar-refractivity contribution in [3.63, 3.8) is 0 Å². The molecule has 0 bridgehead atoms. The quantitative estimate of drug-likeness (QED) is 0.360. The van der Waals surface area contributed by atoms with Crippen molar-refractivity contribution >= 4 is 0 Å². The molecule has 0 saturated carbocycles. The van der Waals surface area contributed by atoms with E-state index in [2.05, 4.69) is 10.0 Å². The van der Waals surface area contributed by atoms with Crippen molar-refractivity contribution in [2.45, 2.75) is 12.6 Å². The lowest BCUT2D eigenvalue weighted by Crippen LogP contribution is -2.31. The van der Waals surface area contributed by atoms with Crippen molar-refractivity contribution in [3.05, 3.63) is 34.5 Å². The highest BCUT2D eigenvalue weighted by Crippen LogP contribution is 2.34. The summed E-state index contributed by atoms with van der Waals surface area (Å²) in [5, 5.41) is 3.17. The van der Waals surface area contributed by atoms with Crippen LogP contribution in [0.5, 0.6) is 0 Å². The van der Waals surface area contributed by atoms with Crippen LogP contribution in [0.1, 0.15) is 6.92 Å². The molecule has 70 valence electrons. The van der Waals surface area contributed by atoms with E-state index in [1.165, 1.54) is 25.2 Å². The number of azide groups is 1. The van der Waals surface area contributed by atoms with E-state index >= 15 is 0 Å². The van der Waals surface area contributed by atoms with Crippen LogP contribution in [0, 0.1) is 5.92 Å². The zero-order valence-corrected chi connectivity index (χ0v) is 7.11. The van der Waals surface area contributed by atoms with Gasteiger partial charge in [-0.25, -0.2) is 8.78 Å². The number of rotatable bonds is 2. The third-order valence-corrected chi connectivity index (χ3v) is 2.02. The summed E-state index contributed by atoms with van der Waals surface area (Å²) >= 11 is 0. The highest BCUT2D eigenvalue weighted by molar-refractivity contribution is 5.24. The molecule has 5 heteroatoms. The molecule has 0 spiro atoms. The zero-order valence-electron chi connectivity index (χ0n) is 7.11. The van der Waals surface area contributed by atoms with Gasteiger partial charge in [0, 0.05) is 11.5 Å². The Bertz CT molecular complexity index is 301. The predicted molar refractivity (Wildman–Crippen MR) is 45.3 cm³/mol. The summed E-state index contributed by atoms with van der Waals surface area (Å²) in [5.74, 6) is -1.58. The molecular formula is C8H9F2N3. The molecule has 1 rings (SSSR count). The number of nitrogens with zero attached hydrogens (tertiary/aromatic N) is 3. The van der Waals surface area contributed by atoms with Crippen molar-refractivity contribution in [1.29, 1.82) is 0 Å². The van der Waals surface area contributed by atoms with Gasteiger partial charge in [0.25, 0.3) is 0 Å². The molecule has 3 nitrogen and oxygen atoms in total. The van der Waals surface area contributed by atoms with Crippen LogP contribution in [-0.2, 0) is 0 Å². The first-order valence-electron chi connectivity index (χ1n) is 3.82. The first-order valence-corrected chi connectivity index (χ1v) is 3.82. The number of halogens is 2. The summed E-state index contributed by atoms with van der Waals surface area (Å²) in [6.45, 7) is 1.06. The summed E-state index contributed by atoms with van der Waals surface area (Å²) in [6.07, 6.45) is 3.76. The second-order valence-corrected chi connectivity index (χ2v) is 3.03. The van der Waals surface area contributed by atoms with Crippen molar-refractivity contribution in [3.8, 4) is 0 Å². The molecule has 0 aromatic heterocycles. The van der Waals surface area contributed by atoms with Gasteiger partial charge in [-0.3, -0.25) is 0 Å². The van der Waals surface area contributed by atoms with Gasteiger partial charge in [0.15, 0.2) is 0 Å². The van der Waals surface area contributed by atoms with Crippen LogP contribution < -0.4 is 0 Å². The van der Waals surface area contributed by atoms with Crippen LogP contribution >= 0.6 is 0 Å². The van der Waals surface area contributed by atoms with E-state index in [4.69, 9.17) is 5.53 Å². The van der Waals surface area contributed by atoms with E-state index in [0.717, 1.165) is 0 Å². The maximum absolute atomic E-state index is 13.6. The molecule has 0 aromatic carbocycles. The molecule has 2 unspecified atom stereocenters. The highest BCUT2D eigenvalue weighted by Gasteiger charge is 2.36. The van der Waals surface area contributed by atoms with Gasteiger partial charge in [-0.1, -0.05) is 11.2 Å².